The molecule has 148 valence electrons. The second kappa shape index (κ2) is 9.32. The lowest BCUT2D eigenvalue weighted by molar-refractivity contribution is -0.109. The maximum absolute atomic E-state index is 15.3. The highest BCUT2D eigenvalue weighted by Gasteiger charge is 2.22. The summed E-state index contributed by atoms with van der Waals surface area (Å²) in [7, 11) is 0. The number of nitrogens with one attached hydrogen (secondary N) is 2. The molecule has 2 atom stereocenters. The zero-order valence-corrected chi connectivity index (χ0v) is 17.1. The van der Waals surface area contributed by atoms with E-state index in [1.807, 2.05) is 38.1 Å². The summed E-state index contributed by atoms with van der Waals surface area (Å²) in [5.74, 6) is -0.543. The molecule has 0 bridgehead atoms. The second-order valence-electron chi connectivity index (χ2n) is 6.38. The zero-order valence-electron chi connectivity index (χ0n) is 15.5. The lowest BCUT2D eigenvalue weighted by Crippen LogP contribution is -2.38. The van der Waals surface area contributed by atoms with Gasteiger partial charge in [0.2, 0.25) is 6.41 Å². The molecule has 0 aliphatic heterocycles. The predicted octanol–water partition coefficient (Wildman–Crippen LogP) is 5.06. The van der Waals surface area contributed by atoms with Crippen molar-refractivity contribution in [2.45, 2.75) is 32.4 Å². The van der Waals surface area contributed by atoms with E-state index in [4.69, 9.17) is 16.3 Å². The molecule has 0 fully saturated rings. The summed E-state index contributed by atoms with van der Waals surface area (Å²) in [5.41, 5.74) is 1.25. The highest BCUT2D eigenvalue weighted by molar-refractivity contribution is 7.20. The van der Waals surface area contributed by atoms with Crippen LogP contribution in [-0.4, -0.2) is 24.0 Å². The first-order valence-electron chi connectivity index (χ1n) is 8.97. The molecule has 0 aliphatic rings. The van der Waals surface area contributed by atoms with Crippen molar-refractivity contribution in [2.75, 3.05) is 6.54 Å². The highest BCUT2D eigenvalue weighted by Crippen LogP contribution is 2.38. The molecular weight excluding hydrogens is 401 g/mol. The molecule has 0 saturated heterocycles. The van der Waals surface area contributed by atoms with Gasteiger partial charge in [-0.2, -0.15) is 0 Å². The SMILES string of the molecule is CC[C@@H](N[C@@H](C)CNC=O)c1ccc(Cl)c(Oc2nc3ccccc3s2)c1F. The quantitative estimate of drug-likeness (QED) is 0.474. The van der Waals surface area contributed by atoms with Crippen LogP contribution in [0.3, 0.4) is 0 Å². The number of amides is 1. The summed E-state index contributed by atoms with van der Waals surface area (Å²) in [6, 6.07) is 10.6. The van der Waals surface area contributed by atoms with Crippen molar-refractivity contribution in [1.29, 1.82) is 0 Å². The van der Waals surface area contributed by atoms with E-state index < -0.39 is 5.82 Å². The third-order valence-electron chi connectivity index (χ3n) is 4.32. The summed E-state index contributed by atoms with van der Waals surface area (Å²) in [4.78, 5) is 14.9. The molecule has 1 amide bonds. The van der Waals surface area contributed by atoms with E-state index in [0.29, 0.717) is 30.1 Å². The van der Waals surface area contributed by atoms with E-state index in [2.05, 4.69) is 15.6 Å². The molecule has 2 N–H and O–H groups in total. The van der Waals surface area contributed by atoms with E-state index in [1.54, 1.807) is 12.1 Å². The maximum Gasteiger partial charge on any atom is 0.279 e. The number of carbonyl (C=O) groups is 1. The molecule has 0 unspecified atom stereocenters. The number of carbonyl (C=O) groups excluding carboxylic acids is 1. The van der Waals surface area contributed by atoms with Crippen molar-refractivity contribution in [2.24, 2.45) is 0 Å². The van der Waals surface area contributed by atoms with Crippen LogP contribution in [0.4, 0.5) is 4.39 Å². The van der Waals surface area contributed by atoms with Crippen LogP contribution in [0.5, 0.6) is 10.9 Å². The Bertz CT molecular complexity index is 933. The molecule has 28 heavy (non-hydrogen) atoms. The van der Waals surface area contributed by atoms with Gasteiger partial charge in [0, 0.05) is 24.2 Å². The standard InChI is InChI=1S/C20H21ClFN3O2S/c1-3-15(24-12(2)10-23-11-26)13-8-9-14(21)19(18(13)22)27-20-25-16-6-4-5-7-17(16)28-20/h4-9,11-12,15,24H,3,10H2,1-2H3,(H,23,26)/t12-,15+/m0/s1. The Morgan fingerprint density at radius 1 is 1.32 bits per heavy atom. The van der Waals surface area contributed by atoms with Crippen molar-refractivity contribution in [3.05, 3.63) is 52.8 Å². The van der Waals surface area contributed by atoms with Gasteiger partial charge >= 0.3 is 0 Å². The minimum atomic E-state index is -0.512. The van der Waals surface area contributed by atoms with Crippen molar-refractivity contribution in [3.63, 3.8) is 0 Å². The summed E-state index contributed by atoms with van der Waals surface area (Å²) < 4.78 is 22.0. The molecule has 0 aliphatic carbocycles. The van der Waals surface area contributed by atoms with Gasteiger partial charge in [0.05, 0.1) is 15.2 Å². The monoisotopic (exact) mass is 421 g/mol. The van der Waals surface area contributed by atoms with Crippen LogP contribution < -0.4 is 15.4 Å². The van der Waals surface area contributed by atoms with E-state index in [9.17, 15) is 4.79 Å². The smallest absolute Gasteiger partial charge is 0.279 e. The fourth-order valence-corrected chi connectivity index (χ4v) is 3.95. The number of hydrogen-bond acceptors (Lipinski definition) is 5. The number of benzene rings is 2. The average molecular weight is 422 g/mol. The molecule has 3 aromatic rings. The summed E-state index contributed by atoms with van der Waals surface area (Å²) in [5, 5.41) is 6.46. The van der Waals surface area contributed by atoms with Crippen molar-refractivity contribution >= 4 is 39.6 Å². The molecule has 2 aromatic carbocycles. The number of nitrogens with zero attached hydrogens (tertiary/aromatic N) is 1. The van der Waals surface area contributed by atoms with Gasteiger partial charge in [-0.05, 0) is 31.5 Å². The molecule has 3 rings (SSSR count). The first-order valence-corrected chi connectivity index (χ1v) is 10.2. The minimum Gasteiger partial charge on any atom is -0.426 e. The largest absolute Gasteiger partial charge is 0.426 e. The van der Waals surface area contributed by atoms with Crippen LogP contribution in [0.1, 0.15) is 31.9 Å². The minimum absolute atomic E-state index is 0.0288. The van der Waals surface area contributed by atoms with Gasteiger partial charge in [0.1, 0.15) is 0 Å². The van der Waals surface area contributed by atoms with E-state index in [0.717, 1.165) is 10.2 Å². The van der Waals surface area contributed by atoms with Gasteiger partial charge in [0.15, 0.2) is 11.6 Å². The van der Waals surface area contributed by atoms with Gasteiger partial charge in [-0.25, -0.2) is 9.37 Å². The number of ether oxygens (including phenoxy) is 1. The van der Waals surface area contributed by atoms with Gasteiger partial charge in [-0.3, -0.25) is 4.79 Å². The molecule has 1 heterocycles. The Hall–Kier alpha value is -2.22. The Labute approximate surface area is 171 Å². The fourth-order valence-electron chi connectivity index (χ4n) is 2.95. The fraction of sp³-hybridized carbons (Fsp3) is 0.300. The number of fused-ring (bicyclic) bond motifs is 1. The van der Waals surface area contributed by atoms with E-state index >= 15 is 4.39 Å². The molecule has 0 radical (unpaired) electrons. The Morgan fingerprint density at radius 3 is 2.82 bits per heavy atom. The van der Waals surface area contributed by atoms with E-state index in [-0.39, 0.29) is 22.9 Å². The maximum atomic E-state index is 15.3. The van der Waals surface area contributed by atoms with Crippen molar-refractivity contribution in [1.82, 2.24) is 15.6 Å². The van der Waals surface area contributed by atoms with Crippen LogP contribution in [0.25, 0.3) is 10.2 Å². The number of thiazole rings is 1. The Balaban J connectivity index is 1.86. The van der Waals surface area contributed by atoms with Crippen LogP contribution in [0, 0.1) is 5.82 Å². The normalized spacial score (nSPS) is 13.3. The topological polar surface area (TPSA) is 63.2 Å². The first-order chi connectivity index (χ1) is 13.5. The molecule has 5 nitrogen and oxygen atoms in total. The second-order valence-corrected chi connectivity index (χ2v) is 7.78. The van der Waals surface area contributed by atoms with Crippen LogP contribution in [0.15, 0.2) is 36.4 Å². The molecule has 1 aromatic heterocycles. The molecule has 8 heteroatoms. The van der Waals surface area contributed by atoms with Gasteiger partial charge in [0.25, 0.3) is 5.19 Å². The molecule has 0 spiro atoms. The zero-order chi connectivity index (χ0) is 20.1. The molecule has 0 saturated carbocycles. The van der Waals surface area contributed by atoms with Crippen LogP contribution in [-0.2, 0) is 4.79 Å². The number of rotatable bonds is 9. The lowest BCUT2D eigenvalue weighted by Gasteiger charge is -2.23. The number of para-hydroxylation sites is 1. The van der Waals surface area contributed by atoms with E-state index in [1.165, 1.54) is 11.3 Å². The number of halogens is 2. The van der Waals surface area contributed by atoms with Gasteiger partial charge < -0.3 is 15.4 Å². The van der Waals surface area contributed by atoms with Gasteiger partial charge in [-0.1, -0.05) is 48.1 Å². The Morgan fingerprint density at radius 2 is 2.11 bits per heavy atom. The number of aromatic nitrogens is 1. The predicted molar refractivity (Wildman–Crippen MR) is 111 cm³/mol. The molecular formula is C20H21ClFN3O2S. The average Bonchev–Trinajstić information content (AvgIpc) is 3.10. The van der Waals surface area contributed by atoms with Crippen molar-refractivity contribution < 1.29 is 13.9 Å². The summed E-state index contributed by atoms with van der Waals surface area (Å²) in [6.07, 6.45) is 1.30. The first kappa shape index (κ1) is 20.5. The summed E-state index contributed by atoms with van der Waals surface area (Å²) in [6.45, 7) is 4.33. The van der Waals surface area contributed by atoms with Crippen molar-refractivity contribution in [3.8, 4) is 10.9 Å². The van der Waals surface area contributed by atoms with Gasteiger partial charge in [-0.15, -0.1) is 0 Å². The van der Waals surface area contributed by atoms with Crippen LogP contribution >= 0.6 is 22.9 Å². The Kier molecular flexibility index (Phi) is 6.83. The lowest BCUT2D eigenvalue weighted by atomic mass is 10.0. The highest BCUT2D eigenvalue weighted by atomic mass is 35.5. The van der Waals surface area contributed by atoms with Crippen LogP contribution in [0.2, 0.25) is 5.02 Å². The number of hydrogen-bond donors (Lipinski definition) is 2. The third-order valence-corrected chi connectivity index (χ3v) is 5.53. The third kappa shape index (κ3) is 4.60. The summed E-state index contributed by atoms with van der Waals surface area (Å²) >= 11 is 7.55.